The maximum Gasteiger partial charge on any atom is 0.236 e. The van der Waals surface area contributed by atoms with E-state index < -0.39 is 0 Å². The summed E-state index contributed by atoms with van der Waals surface area (Å²) in [6.45, 7) is 5.59. The van der Waals surface area contributed by atoms with Crippen molar-refractivity contribution in [3.8, 4) is 10.8 Å². The Kier molecular flexibility index (Phi) is 4.90. The minimum Gasteiger partial charge on any atom is -0.440 e. The van der Waals surface area contributed by atoms with Crippen molar-refractivity contribution in [1.82, 2.24) is 14.8 Å². The summed E-state index contributed by atoms with van der Waals surface area (Å²) >= 11 is 1.60. The third-order valence-electron chi connectivity index (χ3n) is 5.45. The molecule has 1 saturated carbocycles. The lowest BCUT2D eigenvalue weighted by molar-refractivity contribution is -0.132. The van der Waals surface area contributed by atoms with Crippen LogP contribution in [0.3, 0.4) is 0 Å². The molecule has 3 heterocycles. The molecule has 1 amide bonds. The number of piperazine rings is 1. The number of carbonyl (C=O) groups is 1. The highest BCUT2D eigenvalue weighted by Crippen LogP contribution is 2.27. The molecule has 2 aromatic heterocycles. The molecule has 0 spiro atoms. The van der Waals surface area contributed by atoms with Gasteiger partial charge < -0.3 is 9.32 Å². The van der Waals surface area contributed by atoms with E-state index in [1.54, 1.807) is 11.3 Å². The molecular weight excluding hydrogens is 334 g/mol. The molecular formula is C19H25N3O2S. The summed E-state index contributed by atoms with van der Waals surface area (Å²) in [5.74, 6) is 1.54. The van der Waals surface area contributed by atoms with Crippen molar-refractivity contribution in [3.63, 3.8) is 0 Å². The van der Waals surface area contributed by atoms with E-state index in [2.05, 4.69) is 9.88 Å². The fraction of sp³-hybridized carbons (Fsp3) is 0.579. The molecule has 2 aromatic rings. The summed E-state index contributed by atoms with van der Waals surface area (Å²) in [6.07, 6.45) is 5.73. The van der Waals surface area contributed by atoms with Gasteiger partial charge in [0.05, 0.1) is 17.0 Å². The van der Waals surface area contributed by atoms with Crippen LogP contribution in [-0.4, -0.2) is 52.9 Å². The first-order valence-corrected chi connectivity index (χ1v) is 10.1. The number of oxazole rings is 1. The molecule has 0 atom stereocenters. The van der Waals surface area contributed by atoms with Gasteiger partial charge in [-0.05, 0) is 31.2 Å². The van der Waals surface area contributed by atoms with Crippen LogP contribution in [0.1, 0.15) is 37.1 Å². The average Bonchev–Trinajstić information content (AvgIpc) is 3.38. The fourth-order valence-corrected chi connectivity index (χ4v) is 4.61. The lowest BCUT2D eigenvalue weighted by atomic mass is 10.1. The van der Waals surface area contributed by atoms with Gasteiger partial charge in [-0.25, -0.2) is 4.98 Å². The molecule has 0 bridgehead atoms. The van der Waals surface area contributed by atoms with E-state index in [1.807, 2.05) is 29.3 Å². The van der Waals surface area contributed by atoms with Crippen LogP contribution in [-0.2, 0) is 11.2 Å². The lowest BCUT2D eigenvalue weighted by Gasteiger charge is -2.38. The van der Waals surface area contributed by atoms with Gasteiger partial charge in [0, 0.05) is 32.2 Å². The van der Waals surface area contributed by atoms with Crippen LogP contribution in [0.15, 0.2) is 21.9 Å². The second kappa shape index (κ2) is 7.30. The van der Waals surface area contributed by atoms with Gasteiger partial charge in [0.2, 0.25) is 11.8 Å². The summed E-state index contributed by atoms with van der Waals surface area (Å²) in [4.78, 5) is 22.8. The van der Waals surface area contributed by atoms with Crippen molar-refractivity contribution >= 4 is 17.2 Å². The smallest absolute Gasteiger partial charge is 0.236 e. The number of aryl methyl sites for hydroxylation is 1. The summed E-state index contributed by atoms with van der Waals surface area (Å²) < 4.78 is 5.75. The van der Waals surface area contributed by atoms with Crippen molar-refractivity contribution in [2.24, 2.45) is 0 Å². The zero-order valence-electron chi connectivity index (χ0n) is 14.7. The largest absolute Gasteiger partial charge is 0.440 e. The molecule has 1 aliphatic heterocycles. The van der Waals surface area contributed by atoms with Gasteiger partial charge in [0.15, 0.2) is 0 Å². The normalized spacial score (nSPS) is 19.6. The molecule has 1 saturated heterocycles. The van der Waals surface area contributed by atoms with Crippen LogP contribution in [0.4, 0.5) is 0 Å². The molecule has 2 aliphatic rings. The van der Waals surface area contributed by atoms with Gasteiger partial charge in [0.1, 0.15) is 5.76 Å². The number of carbonyl (C=O) groups excluding carboxylic acids is 1. The molecule has 0 unspecified atom stereocenters. The number of aromatic nitrogens is 1. The van der Waals surface area contributed by atoms with Crippen molar-refractivity contribution in [2.75, 3.05) is 26.2 Å². The summed E-state index contributed by atoms with van der Waals surface area (Å²) in [5, 5.41) is 2.00. The molecule has 25 heavy (non-hydrogen) atoms. The highest BCUT2D eigenvalue weighted by atomic mass is 32.1. The Bertz CT molecular complexity index is 711. The zero-order valence-corrected chi connectivity index (χ0v) is 15.6. The third kappa shape index (κ3) is 3.65. The highest BCUT2D eigenvalue weighted by Gasteiger charge is 2.28. The van der Waals surface area contributed by atoms with Crippen LogP contribution in [0.5, 0.6) is 0 Å². The van der Waals surface area contributed by atoms with Gasteiger partial charge >= 0.3 is 0 Å². The second-order valence-electron chi connectivity index (χ2n) is 7.03. The third-order valence-corrected chi connectivity index (χ3v) is 6.31. The predicted octanol–water partition coefficient (Wildman–Crippen LogP) is 3.34. The number of amides is 1. The standard InChI is InChI=1S/C19H25N3O2S/c1-14-16(20-19(24-14)17-7-4-12-25-17)13-18(23)22-10-8-21(9-11-22)15-5-2-3-6-15/h4,7,12,15H,2-3,5-6,8-11,13H2,1H3. The fourth-order valence-electron chi connectivity index (χ4n) is 3.96. The Labute approximate surface area is 152 Å². The quantitative estimate of drug-likeness (QED) is 0.840. The van der Waals surface area contributed by atoms with E-state index in [4.69, 9.17) is 4.42 Å². The Balaban J connectivity index is 1.35. The van der Waals surface area contributed by atoms with E-state index in [9.17, 15) is 4.79 Å². The van der Waals surface area contributed by atoms with Gasteiger partial charge in [-0.1, -0.05) is 18.9 Å². The Morgan fingerprint density at radius 1 is 1.28 bits per heavy atom. The molecule has 0 aromatic carbocycles. The summed E-state index contributed by atoms with van der Waals surface area (Å²) in [7, 11) is 0. The number of hydrogen-bond donors (Lipinski definition) is 0. The zero-order chi connectivity index (χ0) is 17.2. The Morgan fingerprint density at radius 3 is 2.72 bits per heavy atom. The monoisotopic (exact) mass is 359 g/mol. The number of thiophene rings is 1. The van der Waals surface area contributed by atoms with Crippen molar-refractivity contribution in [2.45, 2.75) is 45.1 Å². The van der Waals surface area contributed by atoms with E-state index in [1.165, 1.54) is 25.7 Å². The van der Waals surface area contributed by atoms with Crippen molar-refractivity contribution in [3.05, 3.63) is 29.0 Å². The van der Waals surface area contributed by atoms with E-state index in [0.29, 0.717) is 12.3 Å². The summed E-state index contributed by atoms with van der Waals surface area (Å²) in [6, 6.07) is 4.72. The molecule has 4 rings (SSSR count). The maximum absolute atomic E-state index is 12.7. The molecule has 0 N–H and O–H groups in total. The van der Waals surface area contributed by atoms with Crippen LogP contribution < -0.4 is 0 Å². The first kappa shape index (κ1) is 16.8. The number of rotatable bonds is 4. The second-order valence-corrected chi connectivity index (χ2v) is 7.98. The number of hydrogen-bond acceptors (Lipinski definition) is 5. The molecule has 2 fully saturated rings. The maximum atomic E-state index is 12.7. The molecule has 5 nitrogen and oxygen atoms in total. The van der Waals surface area contributed by atoms with Crippen LogP contribution in [0.25, 0.3) is 10.8 Å². The lowest BCUT2D eigenvalue weighted by Crippen LogP contribution is -2.51. The first-order valence-electron chi connectivity index (χ1n) is 9.23. The Hall–Kier alpha value is -1.66. The minimum absolute atomic E-state index is 0.167. The molecule has 1 aliphatic carbocycles. The van der Waals surface area contributed by atoms with Crippen LogP contribution in [0, 0.1) is 6.92 Å². The van der Waals surface area contributed by atoms with Gasteiger partial charge in [-0.2, -0.15) is 0 Å². The van der Waals surface area contributed by atoms with Gasteiger partial charge in [-0.15, -0.1) is 11.3 Å². The molecule has 6 heteroatoms. The van der Waals surface area contributed by atoms with Crippen molar-refractivity contribution in [1.29, 1.82) is 0 Å². The van der Waals surface area contributed by atoms with Gasteiger partial charge in [0.25, 0.3) is 0 Å². The molecule has 0 radical (unpaired) electrons. The van der Waals surface area contributed by atoms with E-state index >= 15 is 0 Å². The summed E-state index contributed by atoms with van der Waals surface area (Å²) in [5.41, 5.74) is 0.770. The van der Waals surface area contributed by atoms with Crippen LogP contribution >= 0.6 is 11.3 Å². The SMILES string of the molecule is Cc1oc(-c2cccs2)nc1CC(=O)N1CCN(C2CCCC2)CC1. The first-order chi connectivity index (χ1) is 12.2. The highest BCUT2D eigenvalue weighted by molar-refractivity contribution is 7.13. The number of nitrogens with zero attached hydrogens (tertiary/aromatic N) is 3. The van der Waals surface area contributed by atoms with Crippen LogP contribution in [0.2, 0.25) is 0 Å². The average molecular weight is 359 g/mol. The van der Waals surface area contributed by atoms with E-state index in [-0.39, 0.29) is 5.91 Å². The Morgan fingerprint density at radius 2 is 2.04 bits per heavy atom. The van der Waals surface area contributed by atoms with Crippen molar-refractivity contribution < 1.29 is 9.21 Å². The topological polar surface area (TPSA) is 49.6 Å². The van der Waals surface area contributed by atoms with E-state index in [0.717, 1.165) is 48.6 Å². The van der Waals surface area contributed by atoms with Gasteiger partial charge in [-0.3, -0.25) is 9.69 Å². The predicted molar refractivity (Wildman–Crippen MR) is 98.7 cm³/mol. The molecule has 134 valence electrons. The minimum atomic E-state index is 0.167.